The first-order chi connectivity index (χ1) is 58.1. The predicted molar refractivity (Wildman–Crippen MR) is 460 cm³/mol. The minimum atomic E-state index is -1.71. The average molecular weight is 1770 g/mol. The van der Waals surface area contributed by atoms with Gasteiger partial charge in [0.15, 0.2) is 17.9 Å². The van der Waals surface area contributed by atoms with Crippen molar-refractivity contribution < 1.29 is 96.8 Å². The van der Waals surface area contributed by atoms with Gasteiger partial charge in [-0.3, -0.25) is 91.7 Å². The lowest BCUT2D eigenvalue weighted by Crippen LogP contribution is -2.62. The highest BCUT2D eigenvalue weighted by atomic mass is 16.4. The summed E-state index contributed by atoms with van der Waals surface area (Å²) in [6.45, 7) is 18.9. The Morgan fingerprint density at radius 2 is 0.597 bits per heavy atom. The van der Waals surface area contributed by atoms with Gasteiger partial charge in [-0.25, -0.2) is 4.79 Å². The maximum atomic E-state index is 14.6. The molecule has 0 bridgehead atoms. The minimum absolute atomic E-state index is 0.0216. The first-order valence-electron chi connectivity index (χ1n) is 41.9. The number of nitrogens with two attached hydrogens (primary N) is 8. The molecule has 0 fully saturated rings. The number of nitrogens with one attached hydrogen (secondary N) is 16. The lowest BCUT2D eigenvalue weighted by Gasteiger charge is -2.31. The van der Waals surface area contributed by atoms with Gasteiger partial charge in [-0.15, -0.1) is 0 Å². The number of rotatable bonds is 62. The zero-order chi connectivity index (χ0) is 94.8. The van der Waals surface area contributed by atoms with E-state index in [4.69, 9.17) is 45.9 Å². The zero-order valence-corrected chi connectivity index (χ0v) is 74.1. The molecule has 0 radical (unpaired) electrons. The molecule has 47 heteroatoms. The van der Waals surface area contributed by atoms with Crippen LogP contribution in [0.25, 0.3) is 0 Å². The van der Waals surface area contributed by atoms with Gasteiger partial charge in [0.25, 0.3) is 0 Å². The summed E-state index contributed by atoms with van der Waals surface area (Å²) < 4.78 is 0. The van der Waals surface area contributed by atoms with E-state index in [1.807, 2.05) is 0 Å². The zero-order valence-electron chi connectivity index (χ0n) is 74.1. The van der Waals surface area contributed by atoms with Gasteiger partial charge < -0.3 is 146 Å². The number of carbonyl (C=O) groups excluding carboxylic acids is 16. The van der Waals surface area contributed by atoms with Crippen molar-refractivity contribution in [1.29, 1.82) is 0 Å². The molecule has 0 saturated heterocycles. The average Bonchev–Trinajstić information content (AvgIpc) is 0.841. The fourth-order valence-electron chi connectivity index (χ4n) is 11.9. The van der Waals surface area contributed by atoms with E-state index in [1.54, 1.807) is 96.9 Å². The smallest absolute Gasteiger partial charge is 0.326 e. The maximum absolute atomic E-state index is 14.6. The Bertz CT molecular complexity index is 3580. The molecule has 0 spiro atoms. The molecule has 0 aliphatic carbocycles. The van der Waals surface area contributed by atoms with Crippen molar-refractivity contribution in [2.24, 2.45) is 102 Å². The summed E-state index contributed by atoms with van der Waals surface area (Å²) in [6, 6.07) is -18.0. The van der Waals surface area contributed by atoms with Crippen LogP contribution in [-0.4, -0.2) is 278 Å². The Morgan fingerprint density at radius 1 is 0.306 bits per heavy atom. The molecule has 0 heterocycles. The van der Waals surface area contributed by atoms with Gasteiger partial charge in [0.05, 0.1) is 45.4 Å². The van der Waals surface area contributed by atoms with Crippen molar-refractivity contribution in [3.63, 3.8) is 0 Å². The molecule has 124 heavy (non-hydrogen) atoms. The normalized spacial score (nSPS) is 15.0. The number of aliphatic hydroxyl groups is 2. The van der Waals surface area contributed by atoms with E-state index < -0.39 is 254 Å². The molecule has 0 aliphatic heterocycles. The number of guanidine groups is 3. The molecule has 16 atom stereocenters. The molecule has 0 unspecified atom stereocenters. The molecular weight excluding hydrogens is 1620 g/mol. The van der Waals surface area contributed by atoms with Crippen molar-refractivity contribution >= 4 is 118 Å². The Labute approximate surface area is 724 Å². The van der Waals surface area contributed by atoms with Gasteiger partial charge in [0.2, 0.25) is 94.5 Å². The van der Waals surface area contributed by atoms with Crippen LogP contribution in [0.15, 0.2) is 15.0 Å². The van der Waals surface area contributed by atoms with Crippen LogP contribution in [0, 0.1) is 41.4 Å². The monoisotopic (exact) mass is 1770 g/mol. The van der Waals surface area contributed by atoms with E-state index in [0.717, 1.165) is 0 Å². The number of hydrogen-bond acceptors (Lipinski definition) is 24. The van der Waals surface area contributed by atoms with Crippen molar-refractivity contribution in [3.8, 4) is 0 Å². The van der Waals surface area contributed by atoms with Gasteiger partial charge in [0, 0.05) is 19.6 Å². The van der Waals surface area contributed by atoms with E-state index in [0.29, 0.717) is 25.7 Å². The molecule has 0 aromatic heterocycles. The van der Waals surface area contributed by atoms with Gasteiger partial charge in [-0.05, 0) is 112 Å². The van der Waals surface area contributed by atoms with Gasteiger partial charge >= 0.3 is 5.97 Å². The third-order valence-corrected chi connectivity index (χ3v) is 19.9. The number of carboxylic acid groups (broad SMARTS) is 1. The number of amides is 16. The van der Waals surface area contributed by atoms with Gasteiger partial charge in [0.1, 0.15) is 72.5 Å². The lowest BCUT2D eigenvalue weighted by atomic mass is 9.94. The van der Waals surface area contributed by atoms with Crippen molar-refractivity contribution in [3.05, 3.63) is 0 Å². The summed E-state index contributed by atoms with van der Waals surface area (Å²) in [4.78, 5) is 243. The standard InChI is InChI=1S/C77H143N27O20/c1-15-42(12)59(71(120)97-49(31-38(4)5)66(115)98-50(36-105)63(112)91-34-54(109)93-46(25-21-29-87-76(82)83)64(113)96-48(74(123)124)24-18-19-27-78)104-73(122)60(43(13)16-2)102-65(114)47(26-22-30-88-77(84)85)94-55(110)35-92-68(117)56(39(6)7)100-72(121)61(44(14)17-3)103-70(119)58(41(10)11)101-69(118)57(40(8)9)99-67(116)51(37-106)95-53(108)33-89-52(107)32-90-62(111)45(79)23-20-28-86-75(80)81/h38-51,56-61,105-106H,15-37,78-79H2,1-14H3,(H,89,107)(H,90,111)(H,91,112)(H,92,117)(H,93,109)(H,94,110)(H,95,108)(H,96,113)(H,97,120)(H,98,115)(H,99,116)(H,100,121)(H,101,118)(H,102,114)(H,103,119)(H,104,122)(H,123,124)(H4,80,81,86)(H4,82,83,87)(H4,84,85,88)/t42-,43-,44-,45-,46-,47-,48-,49-,50-,51-,56-,57-,58-,59-,60-,61-/m0/s1. The molecular formula is C77H143N27O20. The van der Waals surface area contributed by atoms with E-state index in [-0.39, 0.29) is 108 Å². The first-order valence-corrected chi connectivity index (χ1v) is 41.9. The molecule has 35 N–H and O–H groups in total. The number of nitrogens with zero attached hydrogens (tertiary/aromatic N) is 3. The topological polar surface area (TPSA) is 789 Å². The number of hydrogen-bond donors (Lipinski definition) is 27. The van der Waals surface area contributed by atoms with Crippen molar-refractivity contribution in [2.45, 2.75) is 259 Å². The van der Waals surface area contributed by atoms with Crippen LogP contribution in [0.1, 0.15) is 180 Å². The SMILES string of the molecule is CC[C@H](C)[C@H](NC(=O)[C@H](CCCN=C(N)N)NC(=O)CNC(=O)[C@@H](NC(=O)[C@@H](NC(=O)[C@@H](NC(=O)[C@@H](NC(=O)[C@H](CO)NC(=O)CNC(=O)CNC(=O)[C@@H](N)CCCN=C(N)N)C(C)C)C(C)C)[C@@H](C)CC)C(C)C)C(=O)N[C@H](C(=O)N[C@@H](CC(C)C)C(=O)N[C@@H](CO)C(=O)NCC(=O)N[C@@H](CCCN=C(N)N)C(=O)N[C@@H](CCCCN)C(=O)O)[C@@H](C)CC. The van der Waals surface area contributed by atoms with Crippen LogP contribution < -0.4 is 131 Å². The number of carboxylic acids is 1. The molecule has 0 aromatic rings. The third-order valence-electron chi connectivity index (χ3n) is 19.9. The van der Waals surface area contributed by atoms with E-state index >= 15 is 0 Å². The number of aliphatic hydroxyl groups excluding tert-OH is 2. The van der Waals surface area contributed by atoms with Crippen LogP contribution in [0.3, 0.4) is 0 Å². The molecule has 0 saturated carbocycles. The van der Waals surface area contributed by atoms with E-state index in [2.05, 4.69) is 100 Å². The van der Waals surface area contributed by atoms with Crippen LogP contribution in [0.5, 0.6) is 0 Å². The number of aliphatic carboxylic acids is 1. The summed E-state index contributed by atoms with van der Waals surface area (Å²) >= 11 is 0. The summed E-state index contributed by atoms with van der Waals surface area (Å²) in [5.74, 6) is -20.2. The summed E-state index contributed by atoms with van der Waals surface area (Å²) in [6.07, 6.45) is 2.33. The van der Waals surface area contributed by atoms with Crippen molar-refractivity contribution in [1.82, 2.24) is 85.1 Å². The van der Waals surface area contributed by atoms with Crippen LogP contribution >= 0.6 is 0 Å². The van der Waals surface area contributed by atoms with Crippen LogP contribution in [-0.2, 0) is 81.5 Å². The fraction of sp³-hybridized carbons (Fsp3) is 0.740. The largest absolute Gasteiger partial charge is 0.480 e. The Balaban J connectivity index is 6.59. The second kappa shape index (κ2) is 60.2. The van der Waals surface area contributed by atoms with E-state index in [1.165, 1.54) is 0 Å². The quantitative estimate of drug-likeness (QED) is 0.0153. The van der Waals surface area contributed by atoms with E-state index in [9.17, 15) is 96.8 Å². The number of aliphatic imine (C=N–C) groups is 3. The number of carbonyl (C=O) groups is 17. The predicted octanol–water partition coefficient (Wildman–Crippen LogP) is -8.89. The minimum Gasteiger partial charge on any atom is -0.480 e. The summed E-state index contributed by atoms with van der Waals surface area (Å²) in [5.41, 5.74) is 43.9. The summed E-state index contributed by atoms with van der Waals surface area (Å²) in [5, 5.41) is 70.3. The van der Waals surface area contributed by atoms with Crippen LogP contribution in [0.2, 0.25) is 0 Å². The van der Waals surface area contributed by atoms with Gasteiger partial charge in [-0.1, -0.05) is 116 Å². The van der Waals surface area contributed by atoms with Crippen molar-refractivity contribution in [2.75, 3.05) is 65.6 Å². The highest BCUT2D eigenvalue weighted by Crippen LogP contribution is 2.18. The summed E-state index contributed by atoms with van der Waals surface area (Å²) in [7, 11) is 0. The Morgan fingerprint density at radius 3 is 0.984 bits per heavy atom. The molecule has 47 nitrogen and oxygen atoms in total. The number of unbranched alkanes of at least 4 members (excludes halogenated alkanes) is 1. The molecule has 0 aliphatic rings. The lowest BCUT2D eigenvalue weighted by molar-refractivity contribution is -0.142. The Hall–Kier alpha value is -11.4. The third kappa shape index (κ3) is 44.6. The second-order valence-corrected chi connectivity index (χ2v) is 31.9. The maximum Gasteiger partial charge on any atom is 0.326 e. The van der Waals surface area contributed by atoms with Crippen LogP contribution in [0.4, 0.5) is 0 Å². The molecule has 16 amide bonds. The highest BCUT2D eigenvalue weighted by Gasteiger charge is 2.40. The highest BCUT2D eigenvalue weighted by molar-refractivity contribution is 6.00. The molecule has 0 aromatic carbocycles. The fourth-order valence-corrected chi connectivity index (χ4v) is 11.9. The first kappa shape index (κ1) is 113. The Kier molecular flexibility index (Phi) is 54.7. The second-order valence-electron chi connectivity index (χ2n) is 31.9. The molecule has 0 rings (SSSR count). The van der Waals surface area contributed by atoms with Gasteiger partial charge in [-0.2, -0.15) is 0 Å². The molecule has 706 valence electrons.